The third kappa shape index (κ3) is 1.55. The first-order valence-electron chi connectivity index (χ1n) is 4.15. The zero-order chi connectivity index (χ0) is 9.47. The normalized spacial score (nSPS) is 22.8. The first-order valence-corrected chi connectivity index (χ1v) is 4.15. The number of nitrogens with zero attached hydrogens (tertiary/aromatic N) is 1. The summed E-state index contributed by atoms with van der Waals surface area (Å²) >= 11 is 0. The van der Waals surface area contributed by atoms with E-state index in [1.165, 1.54) is 6.33 Å². The van der Waals surface area contributed by atoms with Crippen LogP contribution in [0.3, 0.4) is 0 Å². The number of aromatic nitrogens is 2. The molecule has 1 aliphatic carbocycles. The van der Waals surface area contributed by atoms with Crippen LogP contribution in [0, 0.1) is 5.92 Å². The van der Waals surface area contributed by atoms with Gasteiger partial charge in [0.1, 0.15) is 0 Å². The molecule has 1 N–H and O–H groups in total. The molecular formula is C8H9F3N2. The Labute approximate surface area is 73.2 Å². The van der Waals surface area contributed by atoms with Crippen molar-refractivity contribution in [2.24, 2.45) is 5.92 Å². The lowest BCUT2D eigenvalue weighted by Gasteiger charge is -2.23. The maximum absolute atomic E-state index is 12.3. The predicted octanol–water partition coefficient (Wildman–Crippen LogP) is 2.08. The van der Waals surface area contributed by atoms with Crippen LogP contribution >= 0.6 is 0 Å². The first-order chi connectivity index (χ1) is 6.07. The van der Waals surface area contributed by atoms with Gasteiger partial charge in [0, 0.05) is 12.1 Å². The van der Waals surface area contributed by atoms with Crippen molar-refractivity contribution in [3.05, 3.63) is 17.7 Å². The number of halogens is 3. The smallest absolute Gasteiger partial charge is 0.348 e. The van der Waals surface area contributed by atoms with Gasteiger partial charge in [0.05, 0.1) is 17.9 Å². The van der Waals surface area contributed by atoms with Crippen LogP contribution in [0.4, 0.5) is 13.2 Å². The number of H-pyrrole nitrogens is 1. The van der Waals surface area contributed by atoms with Gasteiger partial charge in [-0.2, -0.15) is 13.2 Å². The third-order valence-corrected chi connectivity index (χ3v) is 2.45. The van der Waals surface area contributed by atoms with Crippen molar-refractivity contribution >= 4 is 0 Å². The summed E-state index contributed by atoms with van der Waals surface area (Å²) in [5.74, 6) is -1.19. The Morgan fingerprint density at radius 1 is 1.46 bits per heavy atom. The molecule has 1 aliphatic rings. The van der Waals surface area contributed by atoms with Gasteiger partial charge in [0.15, 0.2) is 0 Å². The molecular weight excluding hydrogens is 181 g/mol. The first kappa shape index (κ1) is 8.59. The summed E-state index contributed by atoms with van der Waals surface area (Å²) in [6.45, 7) is 0. The maximum Gasteiger partial charge on any atom is 0.392 e. The van der Waals surface area contributed by atoms with E-state index in [9.17, 15) is 13.2 Å². The Morgan fingerprint density at radius 2 is 2.23 bits per heavy atom. The van der Waals surface area contributed by atoms with Gasteiger partial charge in [-0.25, -0.2) is 4.98 Å². The molecule has 2 nitrogen and oxygen atoms in total. The molecule has 5 heteroatoms. The Morgan fingerprint density at radius 3 is 2.92 bits per heavy atom. The molecule has 0 saturated carbocycles. The topological polar surface area (TPSA) is 28.7 Å². The summed E-state index contributed by atoms with van der Waals surface area (Å²) in [5, 5.41) is 0. The number of aromatic amines is 1. The molecule has 13 heavy (non-hydrogen) atoms. The largest absolute Gasteiger partial charge is 0.392 e. The Kier molecular flexibility index (Phi) is 1.82. The van der Waals surface area contributed by atoms with Crippen molar-refractivity contribution in [1.29, 1.82) is 0 Å². The van der Waals surface area contributed by atoms with E-state index >= 15 is 0 Å². The van der Waals surface area contributed by atoms with E-state index in [-0.39, 0.29) is 12.8 Å². The van der Waals surface area contributed by atoms with Crippen molar-refractivity contribution in [1.82, 2.24) is 9.97 Å². The number of aryl methyl sites for hydroxylation is 1. The highest BCUT2D eigenvalue weighted by Crippen LogP contribution is 2.35. The van der Waals surface area contributed by atoms with Gasteiger partial charge in [-0.3, -0.25) is 0 Å². The van der Waals surface area contributed by atoms with Gasteiger partial charge in [-0.1, -0.05) is 0 Å². The minimum absolute atomic E-state index is 0.0544. The lowest BCUT2D eigenvalue weighted by molar-refractivity contribution is -0.177. The summed E-state index contributed by atoms with van der Waals surface area (Å²) in [6, 6.07) is 0. The van der Waals surface area contributed by atoms with E-state index in [0.29, 0.717) is 12.1 Å². The predicted molar refractivity (Wildman–Crippen MR) is 40.2 cm³/mol. The number of nitrogens with one attached hydrogen (secondary N) is 1. The standard InChI is InChI=1S/C8H9F3N2/c9-8(10,11)5-1-2-6-7(3-5)13-4-12-6/h4-5H,1-3H2,(H,12,13). The van der Waals surface area contributed by atoms with E-state index in [1.54, 1.807) is 0 Å². The molecule has 0 spiro atoms. The Bertz CT molecular complexity index is 303. The monoisotopic (exact) mass is 190 g/mol. The molecule has 0 amide bonds. The van der Waals surface area contributed by atoms with E-state index in [2.05, 4.69) is 9.97 Å². The fraction of sp³-hybridized carbons (Fsp3) is 0.625. The molecule has 0 aromatic carbocycles. The molecule has 2 rings (SSSR count). The van der Waals surface area contributed by atoms with Crippen LogP contribution < -0.4 is 0 Å². The van der Waals surface area contributed by atoms with Crippen LogP contribution in [0.5, 0.6) is 0 Å². The second-order valence-electron chi connectivity index (χ2n) is 3.31. The second kappa shape index (κ2) is 2.75. The molecule has 0 saturated heterocycles. The number of hydrogen-bond acceptors (Lipinski definition) is 1. The SMILES string of the molecule is FC(F)(F)C1CCc2nc[nH]c2C1. The van der Waals surface area contributed by atoms with Gasteiger partial charge in [0.25, 0.3) is 0 Å². The highest BCUT2D eigenvalue weighted by atomic mass is 19.4. The number of alkyl halides is 3. The zero-order valence-electron chi connectivity index (χ0n) is 6.86. The van der Waals surface area contributed by atoms with Gasteiger partial charge >= 0.3 is 6.18 Å². The molecule has 72 valence electrons. The molecule has 1 atom stereocenters. The average Bonchev–Trinajstić information content (AvgIpc) is 2.47. The molecule has 1 aromatic heterocycles. The third-order valence-electron chi connectivity index (χ3n) is 2.45. The van der Waals surface area contributed by atoms with Crippen molar-refractivity contribution in [3.63, 3.8) is 0 Å². The number of hydrogen-bond donors (Lipinski definition) is 1. The van der Waals surface area contributed by atoms with Crippen LogP contribution in [-0.4, -0.2) is 16.1 Å². The van der Waals surface area contributed by atoms with E-state index < -0.39 is 12.1 Å². The van der Waals surface area contributed by atoms with Crippen LogP contribution in [0.25, 0.3) is 0 Å². The fourth-order valence-electron chi connectivity index (χ4n) is 1.68. The maximum atomic E-state index is 12.3. The summed E-state index contributed by atoms with van der Waals surface area (Å²) in [5.41, 5.74) is 1.44. The van der Waals surface area contributed by atoms with Gasteiger partial charge in [-0.05, 0) is 12.8 Å². The molecule has 0 radical (unpaired) electrons. The second-order valence-corrected chi connectivity index (χ2v) is 3.31. The molecule has 0 fully saturated rings. The summed E-state index contributed by atoms with van der Waals surface area (Å²) in [4.78, 5) is 6.70. The van der Waals surface area contributed by atoms with E-state index in [1.807, 2.05) is 0 Å². The van der Waals surface area contributed by atoms with Gasteiger partial charge in [0.2, 0.25) is 0 Å². The van der Waals surface area contributed by atoms with E-state index in [0.717, 1.165) is 5.69 Å². The minimum Gasteiger partial charge on any atom is -0.348 e. The fourth-order valence-corrected chi connectivity index (χ4v) is 1.68. The van der Waals surface area contributed by atoms with Crippen molar-refractivity contribution in [3.8, 4) is 0 Å². The number of fused-ring (bicyclic) bond motifs is 1. The van der Waals surface area contributed by atoms with Gasteiger partial charge in [-0.15, -0.1) is 0 Å². The zero-order valence-corrected chi connectivity index (χ0v) is 6.86. The highest BCUT2D eigenvalue weighted by molar-refractivity contribution is 5.15. The van der Waals surface area contributed by atoms with Crippen LogP contribution in [0.15, 0.2) is 6.33 Å². The molecule has 1 aromatic rings. The molecule has 0 aliphatic heterocycles. The summed E-state index contributed by atoms with van der Waals surface area (Å²) in [6.07, 6.45) is -1.95. The quantitative estimate of drug-likeness (QED) is 0.666. The number of rotatable bonds is 0. The lowest BCUT2D eigenvalue weighted by atomic mass is 9.89. The average molecular weight is 190 g/mol. The Hall–Kier alpha value is -1.00. The molecule has 1 unspecified atom stereocenters. The molecule has 1 heterocycles. The summed E-state index contributed by atoms with van der Waals surface area (Å²) in [7, 11) is 0. The van der Waals surface area contributed by atoms with Crippen molar-refractivity contribution in [2.45, 2.75) is 25.4 Å². The molecule has 0 bridgehead atoms. The lowest BCUT2D eigenvalue weighted by Crippen LogP contribution is -2.28. The van der Waals surface area contributed by atoms with Crippen LogP contribution in [0.1, 0.15) is 17.8 Å². The summed E-state index contributed by atoms with van der Waals surface area (Å²) < 4.78 is 36.9. The van der Waals surface area contributed by atoms with E-state index in [4.69, 9.17) is 0 Å². The van der Waals surface area contributed by atoms with Crippen molar-refractivity contribution < 1.29 is 13.2 Å². The number of imidazole rings is 1. The van der Waals surface area contributed by atoms with Crippen LogP contribution in [0.2, 0.25) is 0 Å². The van der Waals surface area contributed by atoms with Crippen LogP contribution in [-0.2, 0) is 12.8 Å². The van der Waals surface area contributed by atoms with Gasteiger partial charge < -0.3 is 4.98 Å². The van der Waals surface area contributed by atoms with Crippen molar-refractivity contribution in [2.75, 3.05) is 0 Å². The highest BCUT2D eigenvalue weighted by Gasteiger charge is 2.41. The Balaban J connectivity index is 2.18. The minimum atomic E-state index is -4.07.